The first kappa shape index (κ1) is 21.7. The number of carbonyl (C=O) groups is 2. The Morgan fingerprint density at radius 3 is 2.40 bits per heavy atom. The molecule has 0 atom stereocenters. The highest BCUT2D eigenvalue weighted by Gasteiger charge is 2.26. The van der Waals surface area contributed by atoms with Crippen molar-refractivity contribution in [2.75, 3.05) is 18.9 Å². The number of sulfone groups is 1. The molecule has 1 aliphatic heterocycles. The lowest BCUT2D eigenvalue weighted by molar-refractivity contribution is -0.118. The van der Waals surface area contributed by atoms with Gasteiger partial charge in [-0.25, -0.2) is 22.0 Å². The molecular weight excluding hydrogens is 418 g/mol. The summed E-state index contributed by atoms with van der Waals surface area (Å²) < 4.78 is 54.5. The van der Waals surface area contributed by atoms with Gasteiger partial charge in [-0.15, -0.1) is 0 Å². The van der Waals surface area contributed by atoms with Gasteiger partial charge in [0.05, 0.1) is 10.6 Å². The number of amides is 3. The van der Waals surface area contributed by atoms with Crippen molar-refractivity contribution in [3.05, 3.63) is 59.7 Å². The SMILES string of the molecule is O=C1CN(Cc2ccc(CCS(=O)(=O)c3cccc(OCC(F)F)c3)cc2)C(=O)N1. The number of nitrogens with one attached hydrogen (secondary N) is 1. The van der Waals surface area contributed by atoms with Crippen LogP contribution in [0.15, 0.2) is 53.4 Å². The lowest BCUT2D eigenvalue weighted by Gasteiger charge is -2.13. The Kier molecular flexibility index (Phi) is 6.66. The topological polar surface area (TPSA) is 92.8 Å². The highest BCUT2D eigenvalue weighted by Crippen LogP contribution is 2.20. The van der Waals surface area contributed by atoms with Crippen molar-refractivity contribution in [2.24, 2.45) is 0 Å². The van der Waals surface area contributed by atoms with E-state index in [0.717, 1.165) is 11.1 Å². The molecule has 10 heteroatoms. The maximum atomic E-state index is 12.6. The van der Waals surface area contributed by atoms with E-state index in [1.165, 1.54) is 29.2 Å². The molecule has 0 unspecified atom stereocenters. The molecule has 0 aliphatic carbocycles. The van der Waals surface area contributed by atoms with Crippen LogP contribution in [-0.2, 0) is 27.6 Å². The quantitative estimate of drug-likeness (QED) is 0.607. The number of rotatable bonds is 9. The predicted octanol–water partition coefficient (Wildman–Crippen LogP) is 2.40. The molecule has 1 fully saturated rings. The van der Waals surface area contributed by atoms with Gasteiger partial charge >= 0.3 is 6.03 Å². The predicted molar refractivity (Wildman–Crippen MR) is 104 cm³/mol. The summed E-state index contributed by atoms with van der Waals surface area (Å²) in [5, 5.41) is 2.20. The third-order valence-electron chi connectivity index (χ3n) is 4.46. The van der Waals surface area contributed by atoms with Crippen LogP contribution in [0.1, 0.15) is 11.1 Å². The minimum atomic E-state index is -3.63. The average Bonchev–Trinajstić information content (AvgIpc) is 3.03. The second-order valence-electron chi connectivity index (χ2n) is 6.77. The standard InChI is InChI=1S/C20H20F2N2O5S/c21-18(22)13-29-16-2-1-3-17(10-16)30(27,28)9-8-14-4-6-15(7-5-14)11-24-12-19(25)23-20(24)26/h1-7,10,18H,8-9,11-13H2,(H,23,25,26). The van der Waals surface area contributed by atoms with Crippen LogP contribution >= 0.6 is 0 Å². The van der Waals surface area contributed by atoms with Crippen LogP contribution in [0, 0.1) is 0 Å². The van der Waals surface area contributed by atoms with Crippen molar-refractivity contribution in [1.29, 1.82) is 0 Å². The van der Waals surface area contributed by atoms with Crippen LogP contribution in [0.25, 0.3) is 0 Å². The largest absolute Gasteiger partial charge is 0.488 e. The molecule has 2 aromatic carbocycles. The van der Waals surface area contributed by atoms with Gasteiger partial charge in [-0.3, -0.25) is 10.1 Å². The van der Waals surface area contributed by atoms with E-state index in [1.54, 1.807) is 24.3 Å². The normalized spacial score (nSPS) is 14.3. The summed E-state index contributed by atoms with van der Waals surface area (Å²) in [4.78, 5) is 24.2. The van der Waals surface area contributed by atoms with Crippen LogP contribution in [0.5, 0.6) is 5.75 Å². The number of halogens is 2. The van der Waals surface area contributed by atoms with Crippen LogP contribution in [0.4, 0.5) is 13.6 Å². The Labute approximate surface area is 172 Å². The lowest BCUT2D eigenvalue weighted by atomic mass is 10.1. The maximum absolute atomic E-state index is 12.6. The number of hydrogen-bond acceptors (Lipinski definition) is 5. The number of benzene rings is 2. The molecule has 3 amide bonds. The first-order chi connectivity index (χ1) is 14.2. The van der Waals surface area contributed by atoms with E-state index in [-0.39, 0.29) is 41.8 Å². The number of urea groups is 1. The maximum Gasteiger partial charge on any atom is 0.324 e. The summed E-state index contributed by atoms with van der Waals surface area (Å²) in [6.45, 7) is -0.510. The molecular formula is C20H20F2N2O5S. The van der Waals surface area contributed by atoms with E-state index in [9.17, 15) is 26.8 Å². The van der Waals surface area contributed by atoms with Gasteiger partial charge in [-0.1, -0.05) is 30.3 Å². The highest BCUT2D eigenvalue weighted by molar-refractivity contribution is 7.91. The van der Waals surface area contributed by atoms with Crippen molar-refractivity contribution in [2.45, 2.75) is 24.3 Å². The molecule has 7 nitrogen and oxygen atoms in total. The van der Waals surface area contributed by atoms with E-state index >= 15 is 0 Å². The summed E-state index contributed by atoms with van der Waals surface area (Å²) in [6.07, 6.45) is -2.39. The van der Waals surface area contributed by atoms with Gasteiger partial charge in [0.15, 0.2) is 9.84 Å². The summed E-state index contributed by atoms with van der Waals surface area (Å²) >= 11 is 0. The van der Waals surface area contributed by atoms with Crippen molar-refractivity contribution >= 4 is 21.8 Å². The molecule has 0 aromatic heterocycles. The molecule has 0 bridgehead atoms. The molecule has 0 saturated carbocycles. The molecule has 3 rings (SSSR count). The molecule has 1 saturated heterocycles. The second-order valence-corrected chi connectivity index (χ2v) is 8.88. The van der Waals surface area contributed by atoms with E-state index in [0.29, 0.717) is 0 Å². The molecule has 0 spiro atoms. The van der Waals surface area contributed by atoms with Crippen LogP contribution in [0.3, 0.4) is 0 Å². The van der Waals surface area contributed by atoms with E-state index in [1.807, 2.05) is 0 Å². The number of alkyl halides is 2. The summed E-state index contributed by atoms with van der Waals surface area (Å²) in [6, 6.07) is 12.2. The Morgan fingerprint density at radius 1 is 1.07 bits per heavy atom. The minimum absolute atomic E-state index is 0.00981. The van der Waals surface area contributed by atoms with Gasteiger partial charge in [0.1, 0.15) is 18.9 Å². The van der Waals surface area contributed by atoms with Crippen LogP contribution in [-0.4, -0.2) is 50.6 Å². The fraction of sp³-hybridized carbons (Fsp3) is 0.300. The smallest absolute Gasteiger partial charge is 0.324 e. The number of hydrogen-bond donors (Lipinski definition) is 1. The number of nitrogens with zero attached hydrogens (tertiary/aromatic N) is 1. The first-order valence-corrected chi connectivity index (χ1v) is 10.8. The van der Waals surface area contributed by atoms with Crippen molar-refractivity contribution in [3.63, 3.8) is 0 Å². The Bertz CT molecular complexity index is 1030. The zero-order chi connectivity index (χ0) is 21.7. The number of carbonyl (C=O) groups excluding carboxylic acids is 2. The fourth-order valence-corrected chi connectivity index (χ4v) is 4.25. The van der Waals surface area contributed by atoms with E-state index < -0.39 is 28.9 Å². The Balaban J connectivity index is 1.58. The average molecular weight is 438 g/mol. The zero-order valence-electron chi connectivity index (χ0n) is 15.9. The van der Waals surface area contributed by atoms with Gasteiger partial charge in [-0.05, 0) is 35.7 Å². The van der Waals surface area contributed by atoms with E-state index in [4.69, 9.17) is 4.74 Å². The van der Waals surface area contributed by atoms with Gasteiger partial charge < -0.3 is 9.64 Å². The number of imide groups is 1. The van der Waals surface area contributed by atoms with Crippen molar-refractivity contribution in [1.82, 2.24) is 10.2 Å². The van der Waals surface area contributed by atoms with E-state index in [2.05, 4.69) is 5.32 Å². The zero-order valence-corrected chi connectivity index (χ0v) is 16.7. The molecule has 2 aromatic rings. The third-order valence-corrected chi connectivity index (χ3v) is 6.18. The molecule has 160 valence electrons. The monoisotopic (exact) mass is 438 g/mol. The summed E-state index contributed by atoms with van der Waals surface area (Å²) in [5.41, 5.74) is 1.60. The first-order valence-electron chi connectivity index (χ1n) is 9.13. The summed E-state index contributed by atoms with van der Waals surface area (Å²) in [5.74, 6) is -0.427. The van der Waals surface area contributed by atoms with Gasteiger partial charge in [-0.2, -0.15) is 0 Å². The minimum Gasteiger partial charge on any atom is -0.488 e. The molecule has 1 N–H and O–H groups in total. The molecule has 30 heavy (non-hydrogen) atoms. The highest BCUT2D eigenvalue weighted by atomic mass is 32.2. The number of ether oxygens (including phenoxy) is 1. The third kappa shape index (κ3) is 5.76. The van der Waals surface area contributed by atoms with Gasteiger partial charge in [0.25, 0.3) is 6.43 Å². The molecule has 1 aliphatic rings. The fourth-order valence-electron chi connectivity index (χ4n) is 2.93. The van der Waals surface area contributed by atoms with Crippen LogP contribution < -0.4 is 10.1 Å². The summed E-state index contributed by atoms with van der Waals surface area (Å²) in [7, 11) is -3.63. The second kappa shape index (κ2) is 9.21. The number of aryl methyl sites for hydroxylation is 1. The van der Waals surface area contributed by atoms with Crippen molar-refractivity contribution in [3.8, 4) is 5.75 Å². The Morgan fingerprint density at radius 2 is 1.77 bits per heavy atom. The van der Waals surface area contributed by atoms with Crippen molar-refractivity contribution < 1.29 is 31.5 Å². The van der Waals surface area contributed by atoms with Gasteiger partial charge in [0.2, 0.25) is 5.91 Å². The molecule has 1 heterocycles. The van der Waals surface area contributed by atoms with Gasteiger partial charge in [0, 0.05) is 6.54 Å². The molecule has 0 radical (unpaired) electrons. The van der Waals surface area contributed by atoms with Crippen LogP contribution in [0.2, 0.25) is 0 Å². The lowest BCUT2D eigenvalue weighted by Crippen LogP contribution is -2.27. The Hall–Kier alpha value is -3.01.